The van der Waals surface area contributed by atoms with Crippen LogP contribution in [-0.4, -0.2) is 5.91 Å². The fraction of sp³-hybridized carbons (Fsp3) is 0.409. The molecule has 3 atom stereocenters. The molecular weight excluding hydrogens is 336 g/mol. The Morgan fingerprint density at radius 3 is 2.56 bits per heavy atom. The predicted octanol–water partition coefficient (Wildman–Crippen LogP) is 5.65. The van der Waals surface area contributed by atoms with Crippen molar-refractivity contribution in [1.82, 2.24) is 5.32 Å². The highest BCUT2D eigenvalue weighted by atomic mass is 16.1. The van der Waals surface area contributed by atoms with Gasteiger partial charge in [-0.1, -0.05) is 72.6 Å². The van der Waals surface area contributed by atoms with Gasteiger partial charge in [-0.05, 0) is 47.9 Å². The van der Waals surface area contributed by atoms with Crippen molar-refractivity contribution in [2.24, 2.45) is 11.0 Å². The summed E-state index contributed by atoms with van der Waals surface area (Å²) >= 11 is 0. The van der Waals surface area contributed by atoms with Crippen LogP contribution < -0.4 is 5.32 Å². The van der Waals surface area contributed by atoms with E-state index in [-0.39, 0.29) is 23.8 Å². The molecule has 0 radical (unpaired) electrons. The van der Waals surface area contributed by atoms with Crippen molar-refractivity contribution in [3.63, 3.8) is 0 Å². The van der Waals surface area contributed by atoms with Crippen LogP contribution in [0.2, 0.25) is 0 Å². The molecule has 0 bridgehead atoms. The molecule has 0 unspecified atom stereocenters. The molecule has 1 saturated carbocycles. The first kappa shape index (κ1) is 19.0. The van der Waals surface area contributed by atoms with Crippen LogP contribution in [-0.2, 0) is 11.3 Å². The molecule has 2 aromatic carbocycles. The second kappa shape index (κ2) is 9.24. The van der Waals surface area contributed by atoms with Crippen molar-refractivity contribution in [2.45, 2.75) is 51.1 Å². The minimum atomic E-state index is 0.00694. The number of hydrogen-bond donors (Lipinski definition) is 1. The van der Waals surface area contributed by atoms with Gasteiger partial charge in [0.2, 0.25) is 5.91 Å². The van der Waals surface area contributed by atoms with E-state index in [1.54, 1.807) is 0 Å². The lowest BCUT2D eigenvalue weighted by molar-refractivity contribution is -0.127. The Hall–Kier alpha value is -2.78. The predicted molar refractivity (Wildman–Crippen MR) is 107 cm³/mol. The maximum Gasteiger partial charge on any atom is 0.224 e. The third-order valence-electron chi connectivity index (χ3n) is 5.49. The van der Waals surface area contributed by atoms with Gasteiger partial charge in [0.15, 0.2) is 0 Å². The molecule has 5 heteroatoms. The molecule has 140 valence electrons. The zero-order valence-corrected chi connectivity index (χ0v) is 15.7. The summed E-state index contributed by atoms with van der Waals surface area (Å²) in [6.07, 6.45) is 4.22. The van der Waals surface area contributed by atoms with E-state index in [0.717, 1.165) is 36.8 Å². The lowest BCUT2D eigenvalue weighted by atomic mass is 9.75. The Labute approximate surface area is 160 Å². The Bertz CT molecular complexity index is 797. The number of azide groups is 1. The van der Waals surface area contributed by atoms with Crippen molar-refractivity contribution >= 4 is 5.91 Å². The van der Waals surface area contributed by atoms with Gasteiger partial charge in [-0.3, -0.25) is 4.79 Å². The Morgan fingerprint density at radius 2 is 1.85 bits per heavy atom. The molecule has 27 heavy (non-hydrogen) atoms. The summed E-state index contributed by atoms with van der Waals surface area (Å²) in [5.41, 5.74) is 11.8. The van der Waals surface area contributed by atoms with Gasteiger partial charge < -0.3 is 5.32 Å². The molecule has 0 saturated heterocycles. The lowest BCUT2D eigenvalue weighted by Gasteiger charge is -2.32. The van der Waals surface area contributed by atoms with E-state index in [0.29, 0.717) is 6.54 Å². The number of rotatable bonds is 6. The minimum Gasteiger partial charge on any atom is -0.349 e. The molecule has 3 rings (SSSR count). The highest BCUT2D eigenvalue weighted by Crippen LogP contribution is 2.38. The maximum absolute atomic E-state index is 13.0. The Balaban J connectivity index is 1.71. The van der Waals surface area contributed by atoms with Gasteiger partial charge in [0.05, 0.1) is 12.6 Å². The third-order valence-corrected chi connectivity index (χ3v) is 5.49. The summed E-state index contributed by atoms with van der Waals surface area (Å²) in [4.78, 5) is 15.8. The molecule has 0 spiro atoms. The molecule has 0 heterocycles. The zero-order valence-electron chi connectivity index (χ0n) is 15.7. The van der Waals surface area contributed by atoms with Crippen LogP contribution in [0, 0.1) is 5.92 Å². The van der Waals surface area contributed by atoms with E-state index in [9.17, 15) is 4.79 Å². The number of hydrogen-bond acceptors (Lipinski definition) is 2. The van der Waals surface area contributed by atoms with E-state index >= 15 is 0 Å². The molecule has 5 nitrogen and oxygen atoms in total. The SMILES string of the molecule is C[C@H](NC(=O)[C@H]1CCCC[C@H]1c1ccc(CN=[N+]=[N-])cc1)c1ccccc1. The van der Waals surface area contributed by atoms with Gasteiger partial charge in [0, 0.05) is 10.8 Å². The summed E-state index contributed by atoms with van der Waals surface area (Å²) in [6.45, 7) is 2.40. The molecule has 1 aliphatic rings. The number of nitrogens with zero attached hydrogens (tertiary/aromatic N) is 3. The second-order valence-corrected chi connectivity index (χ2v) is 7.27. The molecule has 1 aliphatic carbocycles. The fourth-order valence-corrected chi connectivity index (χ4v) is 3.97. The molecule has 1 amide bonds. The summed E-state index contributed by atoms with van der Waals surface area (Å²) in [5, 5.41) is 6.82. The summed E-state index contributed by atoms with van der Waals surface area (Å²) in [6, 6.07) is 18.3. The van der Waals surface area contributed by atoms with E-state index in [1.807, 2.05) is 49.4 Å². The van der Waals surface area contributed by atoms with Crippen molar-refractivity contribution in [3.8, 4) is 0 Å². The maximum atomic E-state index is 13.0. The van der Waals surface area contributed by atoms with Crippen LogP contribution in [0.25, 0.3) is 10.4 Å². The number of benzene rings is 2. The van der Waals surface area contributed by atoms with Crippen LogP contribution in [0.15, 0.2) is 59.7 Å². The van der Waals surface area contributed by atoms with Crippen molar-refractivity contribution in [2.75, 3.05) is 0 Å². The zero-order chi connectivity index (χ0) is 19.1. The standard InChI is InChI=1S/C22H26N4O/c1-16(18-7-3-2-4-8-18)25-22(27)21-10-6-5-9-20(21)19-13-11-17(12-14-19)15-24-26-23/h2-4,7-8,11-14,16,20-21H,5-6,9-10,15H2,1H3,(H,25,27)/t16-,20-,21-/m0/s1. The molecule has 0 aromatic heterocycles. The highest BCUT2D eigenvalue weighted by molar-refractivity contribution is 5.80. The number of carbonyl (C=O) groups is 1. The van der Waals surface area contributed by atoms with Gasteiger partial charge in [-0.25, -0.2) is 0 Å². The van der Waals surface area contributed by atoms with Crippen molar-refractivity contribution in [1.29, 1.82) is 0 Å². The fourth-order valence-electron chi connectivity index (χ4n) is 3.97. The van der Waals surface area contributed by atoms with Gasteiger partial charge >= 0.3 is 0 Å². The minimum absolute atomic E-state index is 0.00694. The summed E-state index contributed by atoms with van der Waals surface area (Å²) in [7, 11) is 0. The van der Waals surface area contributed by atoms with Crippen LogP contribution in [0.4, 0.5) is 0 Å². The molecular formula is C22H26N4O. The first-order valence-electron chi connectivity index (χ1n) is 9.64. The van der Waals surface area contributed by atoms with Gasteiger partial charge in [0.1, 0.15) is 0 Å². The highest BCUT2D eigenvalue weighted by Gasteiger charge is 2.32. The van der Waals surface area contributed by atoms with E-state index < -0.39 is 0 Å². The van der Waals surface area contributed by atoms with Crippen LogP contribution in [0.1, 0.15) is 61.3 Å². The summed E-state index contributed by atoms with van der Waals surface area (Å²) in [5.74, 6) is 0.400. The van der Waals surface area contributed by atoms with Gasteiger partial charge in [-0.15, -0.1) is 0 Å². The normalized spacial score (nSPS) is 20.3. The van der Waals surface area contributed by atoms with Crippen LogP contribution >= 0.6 is 0 Å². The molecule has 1 N–H and O–H groups in total. The van der Waals surface area contributed by atoms with Crippen LogP contribution in [0.5, 0.6) is 0 Å². The van der Waals surface area contributed by atoms with Crippen molar-refractivity contribution in [3.05, 3.63) is 81.7 Å². The van der Waals surface area contributed by atoms with E-state index in [2.05, 4.69) is 27.5 Å². The van der Waals surface area contributed by atoms with Gasteiger partial charge in [-0.2, -0.15) is 0 Å². The monoisotopic (exact) mass is 362 g/mol. The smallest absolute Gasteiger partial charge is 0.224 e. The number of nitrogens with one attached hydrogen (secondary N) is 1. The quantitative estimate of drug-likeness (QED) is 0.402. The topological polar surface area (TPSA) is 77.9 Å². The first-order valence-corrected chi connectivity index (χ1v) is 9.64. The number of carbonyl (C=O) groups excluding carboxylic acids is 1. The van der Waals surface area contributed by atoms with Crippen molar-refractivity contribution < 1.29 is 4.79 Å². The molecule has 0 aliphatic heterocycles. The Kier molecular flexibility index (Phi) is 6.50. The molecule has 2 aromatic rings. The average Bonchev–Trinajstić information content (AvgIpc) is 2.73. The lowest BCUT2D eigenvalue weighted by Crippen LogP contribution is -2.37. The first-order chi connectivity index (χ1) is 13.2. The average molecular weight is 362 g/mol. The Morgan fingerprint density at radius 1 is 1.15 bits per heavy atom. The van der Waals surface area contributed by atoms with E-state index in [4.69, 9.17) is 5.53 Å². The number of amides is 1. The van der Waals surface area contributed by atoms with E-state index in [1.165, 1.54) is 5.56 Å². The third kappa shape index (κ3) is 4.89. The van der Waals surface area contributed by atoms with Crippen LogP contribution in [0.3, 0.4) is 0 Å². The van der Waals surface area contributed by atoms with Gasteiger partial charge in [0.25, 0.3) is 0 Å². The largest absolute Gasteiger partial charge is 0.349 e. The summed E-state index contributed by atoms with van der Waals surface area (Å²) < 4.78 is 0. The molecule has 1 fully saturated rings. The second-order valence-electron chi connectivity index (χ2n) is 7.27.